The lowest BCUT2D eigenvalue weighted by molar-refractivity contribution is 0.409. The average molecular weight is 381 g/mol. The van der Waals surface area contributed by atoms with Gasteiger partial charge in [-0.1, -0.05) is 46.1 Å². The second-order valence-corrected chi connectivity index (χ2v) is 6.65. The van der Waals surface area contributed by atoms with Crippen LogP contribution in [0.5, 0.6) is 5.75 Å². The standard InChI is InChI=1S/C19H22N4O.C4H10/c1-4-5-6-14-7-8-17(11-18(14)24-3)22-23-19-13(2)9-16(21)10-15(19)12-20;1-3-4-2/h7-11H,4-6,21H2,1-3H3;3-4H2,1-2H3. The minimum atomic E-state index is 0.419. The lowest BCUT2D eigenvalue weighted by Crippen LogP contribution is -1.92. The van der Waals surface area contributed by atoms with E-state index in [9.17, 15) is 5.26 Å². The number of nitriles is 1. The van der Waals surface area contributed by atoms with Crippen molar-refractivity contribution in [2.45, 2.75) is 59.8 Å². The largest absolute Gasteiger partial charge is 0.496 e. The molecular weight excluding hydrogens is 348 g/mol. The highest BCUT2D eigenvalue weighted by molar-refractivity contribution is 5.64. The Kier molecular flexibility index (Phi) is 10.3. The Labute approximate surface area is 169 Å². The van der Waals surface area contributed by atoms with Gasteiger partial charge < -0.3 is 10.5 Å². The average Bonchev–Trinajstić information content (AvgIpc) is 2.71. The van der Waals surface area contributed by atoms with Gasteiger partial charge in [0.1, 0.15) is 17.5 Å². The minimum Gasteiger partial charge on any atom is -0.496 e. The summed E-state index contributed by atoms with van der Waals surface area (Å²) in [5, 5.41) is 17.7. The van der Waals surface area contributed by atoms with E-state index in [4.69, 9.17) is 10.5 Å². The van der Waals surface area contributed by atoms with Gasteiger partial charge in [0.25, 0.3) is 0 Å². The minimum absolute atomic E-state index is 0.419. The number of nitrogens with zero attached hydrogens (tertiary/aromatic N) is 3. The Morgan fingerprint density at radius 3 is 2.32 bits per heavy atom. The Bertz CT molecular complexity index is 820. The molecule has 28 heavy (non-hydrogen) atoms. The summed E-state index contributed by atoms with van der Waals surface area (Å²) in [5.74, 6) is 0.814. The van der Waals surface area contributed by atoms with Crippen molar-refractivity contribution < 1.29 is 4.74 Å². The molecule has 150 valence electrons. The van der Waals surface area contributed by atoms with E-state index in [0.717, 1.165) is 30.6 Å². The van der Waals surface area contributed by atoms with Gasteiger partial charge in [-0.2, -0.15) is 10.4 Å². The first-order valence-electron chi connectivity index (χ1n) is 9.89. The predicted molar refractivity (Wildman–Crippen MR) is 117 cm³/mol. The molecule has 0 bridgehead atoms. The van der Waals surface area contributed by atoms with Crippen molar-refractivity contribution in [3.63, 3.8) is 0 Å². The van der Waals surface area contributed by atoms with Gasteiger partial charge in [-0.3, -0.25) is 0 Å². The van der Waals surface area contributed by atoms with E-state index in [1.54, 1.807) is 19.2 Å². The fourth-order valence-electron chi connectivity index (χ4n) is 2.50. The molecule has 5 heteroatoms. The molecule has 0 saturated carbocycles. The van der Waals surface area contributed by atoms with E-state index in [0.29, 0.717) is 22.6 Å². The summed E-state index contributed by atoms with van der Waals surface area (Å²) in [5.41, 5.74) is 9.95. The fourth-order valence-corrected chi connectivity index (χ4v) is 2.50. The molecule has 2 N–H and O–H groups in total. The number of hydrogen-bond donors (Lipinski definition) is 1. The van der Waals surface area contributed by atoms with E-state index < -0.39 is 0 Å². The number of nitrogen functional groups attached to an aromatic ring is 1. The summed E-state index contributed by atoms with van der Waals surface area (Å²) in [4.78, 5) is 0. The highest BCUT2D eigenvalue weighted by Crippen LogP contribution is 2.31. The van der Waals surface area contributed by atoms with Crippen LogP contribution in [0.3, 0.4) is 0 Å². The molecule has 0 unspecified atom stereocenters. The SMILES string of the molecule is CCCC.CCCCc1ccc(N=Nc2c(C)cc(N)cc2C#N)cc1OC. The molecule has 0 spiro atoms. The van der Waals surface area contributed by atoms with E-state index in [1.165, 1.54) is 18.4 Å². The Balaban J connectivity index is 0.000000892. The molecule has 0 radical (unpaired) electrons. The van der Waals surface area contributed by atoms with Gasteiger partial charge in [0.2, 0.25) is 0 Å². The quantitative estimate of drug-likeness (QED) is 0.413. The zero-order chi connectivity index (χ0) is 20.9. The maximum absolute atomic E-state index is 9.24. The molecule has 0 aliphatic carbocycles. The number of nitrogens with two attached hydrogens (primary N) is 1. The first-order chi connectivity index (χ1) is 13.5. The number of methoxy groups -OCH3 is 1. The number of unbranched alkanes of at least 4 members (excludes halogenated alkanes) is 2. The third kappa shape index (κ3) is 7.03. The van der Waals surface area contributed by atoms with Gasteiger partial charge >= 0.3 is 0 Å². The summed E-state index contributed by atoms with van der Waals surface area (Å²) >= 11 is 0. The smallest absolute Gasteiger partial charge is 0.124 e. The maximum Gasteiger partial charge on any atom is 0.124 e. The van der Waals surface area contributed by atoms with Gasteiger partial charge in [-0.15, -0.1) is 5.11 Å². The number of anilines is 1. The summed E-state index contributed by atoms with van der Waals surface area (Å²) < 4.78 is 5.45. The lowest BCUT2D eigenvalue weighted by atomic mass is 10.1. The zero-order valence-corrected chi connectivity index (χ0v) is 17.7. The van der Waals surface area contributed by atoms with Crippen LogP contribution in [0.1, 0.15) is 63.1 Å². The molecule has 0 atom stereocenters. The van der Waals surface area contributed by atoms with Crippen molar-refractivity contribution in [3.05, 3.63) is 47.0 Å². The third-order valence-electron chi connectivity index (χ3n) is 4.28. The predicted octanol–water partition coefficient (Wildman–Crippen LogP) is 7.02. The molecule has 0 saturated heterocycles. The number of rotatable bonds is 7. The molecule has 0 heterocycles. The van der Waals surface area contributed by atoms with Gasteiger partial charge in [0.15, 0.2) is 0 Å². The summed E-state index contributed by atoms with van der Waals surface area (Å²) in [7, 11) is 1.66. The number of azo groups is 1. The second kappa shape index (κ2) is 12.5. The molecular formula is C23H32N4O. The van der Waals surface area contributed by atoms with Crippen LogP contribution in [0, 0.1) is 18.3 Å². The van der Waals surface area contributed by atoms with Gasteiger partial charge in [-0.05, 0) is 49.1 Å². The van der Waals surface area contributed by atoms with Gasteiger partial charge in [0.05, 0.1) is 18.4 Å². The number of benzene rings is 2. The Hall–Kier alpha value is -2.87. The van der Waals surface area contributed by atoms with Crippen molar-refractivity contribution in [2.24, 2.45) is 10.2 Å². The molecule has 0 aliphatic rings. The first kappa shape index (κ1) is 23.2. The van der Waals surface area contributed by atoms with E-state index in [-0.39, 0.29) is 0 Å². The van der Waals surface area contributed by atoms with Crippen molar-refractivity contribution in [1.29, 1.82) is 5.26 Å². The van der Waals surface area contributed by atoms with Crippen LogP contribution >= 0.6 is 0 Å². The van der Waals surface area contributed by atoms with E-state index >= 15 is 0 Å². The topological polar surface area (TPSA) is 83.8 Å². The molecule has 2 rings (SSSR count). The fraction of sp³-hybridized carbons (Fsp3) is 0.435. The molecule has 2 aromatic rings. The molecule has 0 fully saturated rings. The van der Waals surface area contributed by atoms with Crippen LogP contribution in [0.15, 0.2) is 40.6 Å². The molecule has 2 aromatic carbocycles. The van der Waals surface area contributed by atoms with E-state index in [1.807, 2.05) is 25.1 Å². The van der Waals surface area contributed by atoms with Gasteiger partial charge in [0, 0.05) is 11.8 Å². The lowest BCUT2D eigenvalue weighted by Gasteiger charge is -2.08. The molecule has 0 aliphatic heterocycles. The zero-order valence-electron chi connectivity index (χ0n) is 17.7. The van der Waals surface area contributed by atoms with Crippen LogP contribution < -0.4 is 10.5 Å². The number of aryl methyl sites for hydroxylation is 2. The number of hydrogen-bond acceptors (Lipinski definition) is 5. The molecule has 0 amide bonds. The van der Waals surface area contributed by atoms with Crippen molar-refractivity contribution in [3.8, 4) is 11.8 Å². The van der Waals surface area contributed by atoms with Crippen molar-refractivity contribution in [2.75, 3.05) is 12.8 Å². The van der Waals surface area contributed by atoms with Crippen LogP contribution in [0.4, 0.5) is 17.1 Å². The van der Waals surface area contributed by atoms with Crippen LogP contribution in [0.2, 0.25) is 0 Å². The van der Waals surface area contributed by atoms with Crippen LogP contribution in [-0.4, -0.2) is 7.11 Å². The Morgan fingerprint density at radius 2 is 1.75 bits per heavy atom. The maximum atomic E-state index is 9.24. The van der Waals surface area contributed by atoms with Crippen molar-refractivity contribution in [1.82, 2.24) is 0 Å². The summed E-state index contributed by atoms with van der Waals surface area (Å²) in [6.45, 7) is 8.39. The summed E-state index contributed by atoms with van der Waals surface area (Å²) in [6, 6.07) is 11.3. The highest BCUT2D eigenvalue weighted by Gasteiger charge is 2.08. The Morgan fingerprint density at radius 1 is 1.04 bits per heavy atom. The molecule has 0 aromatic heterocycles. The normalized spacial score (nSPS) is 10.3. The monoisotopic (exact) mass is 380 g/mol. The second-order valence-electron chi connectivity index (χ2n) is 6.65. The van der Waals surface area contributed by atoms with Crippen molar-refractivity contribution >= 4 is 17.1 Å². The van der Waals surface area contributed by atoms with Gasteiger partial charge in [-0.25, -0.2) is 0 Å². The molecule has 5 nitrogen and oxygen atoms in total. The number of ether oxygens (including phenoxy) is 1. The summed E-state index contributed by atoms with van der Waals surface area (Å²) in [6.07, 6.45) is 5.87. The first-order valence-corrected chi connectivity index (χ1v) is 9.89. The van der Waals surface area contributed by atoms with E-state index in [2.05, 4.69) is 37.1 Å². The highest BCUT2D eigenvalue weighted by atomic mass is 16.5. The van der Waals surface area contributed by atoms with Crippen LogP contribution in [0.25, 0.3) is 0 Å². The van der Waals surface area contributed by atoms with Crippen LogP contribution in [-0.2, 0) is 6.42 Å². The third-order valence-corrected chi connectivity index (χ3v) is 4.28.